The molecular weight excluding hydrogens is 195 g/mol. The number of hydrogen-bond acceptors (Lipinski definition) is 2. The number of halogens is 1. The molecule has 0 radical (unpaired) electrons. The van der Waals surface area contributed by atoms with Crippen molar-refractivity contribution in [3.05, 3.63) is 0 Å². The van der Waals surface area contributed by atoms with Crippen molar-refractivity contribution < 1.29 is 9.36 Å². The highest BCUT2D eigenvalue weighted by molar-refractivity contribution is 7.52. The molecular formula is C8H13ClO2P+. The van der Waals surface area contributed by atoms with E-state index in [1.54, 1.807) is 0 Å². The molecule has 1 aliphatic rings. The molecule has 0 aromatic carbocycles. The minimum atomic E-state index is -1.63. The Labute approximate surface area is 78.5 Å². The summed E-state index contributed by atoms with van der Waals surface area (Å²) in [7, 11) is -1.63. The van der Waals surface area contributed by atoms with E-state index in [0.717, 1.165) is 0 Å². The molecule has 0 N–H and O–H groups in total. The third-order valence-electron chi connectivity index (χ3n) is 3.12. The Balaban J connectivity index is 3.24. The Morgan fingerprint density at radius 2 is 1.75 bits per heavy atom. The summed E-state index contributed by atoms with van der Waals surface area (Å²) in [6.45, 7) is 7.30. The van der Waals surface area contributed by atoms with Crippen molar-refractivity contribution in [3.8, 4) is 0 Å². The van der Waals surface area contributed by atoms with Crippen LogP contribution in [-0.4, -0.2) is 16.1 Å². The van der Waals surface area contributed by atoms with Crippen LogP contribution in [0.3, 0.4) is 0 Å². The van der Waals surface area contributed by atoms with Gasteiger partial charge in [0.2, 0.25) is 5.78 Å². The van der Waals surface area contributed by atoms with E-state index in [4.69, 9.17) is 11.6 Å². The molecule has 1 fully saturated rings. The first-order chi connectivity index (χ1) is 5.23. The Kier molecular flexibility index (Phi) is 2.13. The SMILES string of the molecule is CC1(C)C(=O)C(Cl)[P+](=O)C1(C)C. The first kappa shape index (κ1) is 10.1. The van der Waals surface area contributed by atoms with Crippen molar-refractivity contribution in [2.45, 2.75) is 38.0 Å². The molecule has 1 saturated heterocycles. The van der Waals surface area contributed by atoms with Crippen molar-refractivity contribution in [3.63, 3.8) is 0 Å². The summed E-state index contributed by atoms with van der Waals surface area (Å²) in [5, 5.41) is -1.27. The zero-order chi connectivity index (χ0) is 9.73. The van der Waals surface area contributed by atoms with Crippen molar-refractivity contribution in [1.29, 1.82) is 0 Å². The van der Waals surface area contributed by atoms with Gasteiger partial charge in [0.15, 0.2) is 5.16 Å². The molecule has 0 bridgehead atoms. The van der Waals surface area contributed by atoms with E-state index >= 15 is 0 Å². The maximum Gasteiger partial charge on any atom is 0.372 e. The fourth-order valence-corrected chi connectivity index (χ4v) is 4.03. The van der Waals surface area contributed by atoms with Crippen molar-refractivity contribution in [2.24, 2.45) is 5.41 Å². The number of carbonyl (C=O) groups is 1. The average Bonchev–Trinajstić information content (AvgIpc) is 2.05. The van der Waals surface area contributed by atoms with Crippen molar-refractivity contribution in [1.82, 2.24) is 0 Å². The predicted octanol–water partition coefficient (Wildman–Crippen LogP) is 2.77. The van der Waals surface area contributed by atoms with Crippen LogP contribution in [-0.2, 0) is 9.36 Å². The summed E-state index contributed by atoms with van der Waals surface area (Å²) in [5.74, 6) is -0.0877. The Bertz CT molecular complexity index is 232. The van der Waals surface area contributed by atoms with Crippen LogP contribution in [0.5, 0.6) is 0 Å². The molecule has 2 nitrogen and oxygen atoms in total. The largest absolute Gasteiger partial charge is 0.372 e. The summed E-state index contributed by atoms with van der Waals surface area (Å²) in [5.41, 5.74) is -0.563. The van der Waals surface area contributed by atoms with E-state index in [2.05, 4.69) is 0 Å². The van der Waals surface area contributed by atoms with Gasteiger partial charge in [0.05, 0.1) is 5.41 Å². The van der Waals surface area contributed by atoms with Gasteiger partial charge in [-0.3, -0.25) is 4.79 Å². The van der Waals surface area contributed by atoms with Gasteiger partial charge in [-0.25, -0.2) is 0 Å². The average molecular weight is 208 g/mol. The van der Waals surface area contributed by atoms with Gasteiger partial charge >= 0.3 is 7.80 Å². The molecule has 4 heteroatoms. The molecule has 2 unspecified atom stereocenters. The normalized spacial score (nSPS) is 35.6. The standard InChI is InChI=1S/C8H13ClO2P/c1-7(2)5(10)6(9)12(11)8(7,3)4/h6H,1-4H3/q+1. The molecule has 0 saturated carbocycles. The summed E-state index contributed by atoms with van der Waals surface area (Å²) >= 11 is 5.75. The maximum absolute atomic E-state index is 11.6. The molecule has 0 aromatic heterocycles. The lowest BCUT2D eigenvalue weighted by Gasteiger charge is -2.23. The van der Waals surface area contributed by atoms with Gasteiger partial charge in [0, 0.05) is 0 Å². The van der Waals surface area contributed by atoms with Gasteiger partial charge < -0.3 is 0 Å². The Morgan fingerprint density at radius 3 is 1.83 bits per heavy atom. The van der Waals surface area contributed by atoms with Crippen LogP contribution in [0, 0.1) is 5.41 Å². The highest BCUT2D eigenvalue weighted by Crippen LogP contribution is 2.62. The van der Waals surface area contributed by atoms with E-state index in [1.807, 2.05) is 27.7 Å². The molecule has 68 valence electrons. The molecule has 0 spiro atoms. The van der Waals surface area contributed by atoms with Crippen LogP contribution in [0.15, 0.2) is 0 Å². The molecule has 12 heavy (non-hydrogen) atoms. The maximum atomic E-state index is 11.6. The number of hydrogen-bond donors (Lipinski definition) is 0. The van der Waals surface area contributed by atoms with E-state index in [0.29, 0.717) is 0 Å². The van der Waals surface area contributed by atoms with Crippen LogP contribution in [0.4, 0.5) is 0 Å². The van der Waals surface area contributed by atoms with E-state index in [9.17, 15) is 9.36 Å². The Morgan fingerprint density at radius 1 is 1.33 bits per heavy atom. The fraction of sp³-hybridized carbons (Fsp3) is 0.875. The first-order valence-corrected chi connectivity index (χ1v) is 5.64. The van der Waals surface area contributed by atoms with Crippen LogP contribution >= 0.6 is 19.4 Å². The Hall–Kier alpha value is 0.0600. The number of carbonyl (C=O) groups excluding carboxylic acids is 1. The summed E-state index contributed by atoms with van der Waals surface area (Å²) in [4.78, 5) is 11.5. The molecule has 1 heterocycles. The van der Waals surface area contributed by atoms with Crippen LogP contribution in [0.25, 0.3) is 0 Å². The second kappa shape index (κ2) is 2.52. The molecule has 0 aromatic rings. The number of Topliss-reactive ketones (excluding diaryl/α,β-unsaturated/α-hetero) is 1. The molecule has 0 amide bonds. The minimum absolute atomic E-state index is 0.0877. The second-order valence-electron chi connectivity index (χ2n) is 4.21. The minimum Gasteiger partial charge on any atom is -0.292 e. The third-order valence-corrected chi connectivity index (χ3v) is 6.16. The third kappa shape index (κ3) is 0.978. The number of rotatable bonds is 0. The summed E-state index contributed by atoms with van der Waals surface area (Å²) < 4.78 is 11.6. The highest BCUT2D eigenvalue weighted by Gasteiger charge is 2.69. The zero-order valence-corrected chi connectivity index (χ0v) is 9.37. The second-order valence-corrected chi connectivity index (χ2v) is 7.24. The van der Waals surface area contributed by atoms with Gasteiger partial charge in [-0.15, -0.1) is 0 Å². The van der Waals surface area contributed by atoms with E-state index in [1.165, 1.54) is 0 Å². The lowest BCUT2D eigenvalue weighted by molar-refractivity contribution is -0.125. The fourth-order valence-electron chi connectivity index (χ4n) is 1.26. The van der Waals surface area contributed by atoms with E-state index in [-0.39, 0.29) is 5.78 Å². The first-order valence-electron chi connectivity index (χ1n) is 3.88. The van der Waals surface area contributed by atoms with Gasteiger partial charge in [0.25, 0.3) is 5.12 Å². The van der Waals surface area contributed by atoms with Gasteiger partial charge in [-0.05, 0) is 27.7 Å². The summed E-state index contributed by atoms with van der Waals surface area (Å²) in [6, 6.07) is 0. The summed E-state index contributed by atoms with van der Waals surface area (Å²) in [6.07, 6.45) is 0. The molecule has 0 aliphatic carbocycles. The lowest BCUT2D eigenvalue weighted by atomic mass is 9.77. The lowest BCUT2D eigenvalue weighted by Crippen LogP contribution is -2.36. The van der Waals surface area contributed by atoms with Crippen molar-refractivity contribution in [2.75, 3.05) is 0 Å². The quantitative estimate of drug-likeness (QED) is 0.452. The highest BCUT2D eigenvalue weighted by atomic mass is 35.5. The topological polar surface area (TPSA) is 34.1 Å². The van der Waals surface area contributed by atoms with Crippen LogP contribution in [0.2, 0.25) is 0 Å². The zero-order valence-electron chi connectivity index (χ0n) is 7.72. The molecule has 1 rings (SSSR count). The van der Waals surface area contributed by atoms with Crippen molar-refractivity contribution >= 4 is 25.2 Å². The smallest absolute Gasteiger partial charge is 0.292 e. The van der Waals surface area contributed by atoms with Gasteiger partial charge in [0.1, 0.15) is 0 Å². The number of ketones is 1. The number of alkyl halides is 1. The van der Waals surface area contributed by atoms with Crippen LogP contribution in [0.1, 0.15) is 27.7 Å². The monoisotopic (exact) mass is 207 g/mol. The van der Waals surface area contributed by atoms with E-state index < -0.39 is 23.5 Å². The van der Waals surface area contributed by atoms with Gasteiger partial charge in [-0.1, -0.05) is 16.2 Å². The van der Waals surface area contributed by atoms with Crippen LogP contribution < -0.4 is 0 Å². The predicted molar refractivity (Wildman–Crippen MR) is 50.1 cm³/mol. The molecule has 1 aliphatic heterocycles. The molecule has 2 atom stereocenters. The van der Waals surface area contributed by atoms with Gasteiger partial charge in [-0.2, -0.15) is 0 Å².